The van der Waals surface area contributed by atoms with Gasteiger partial charge in [0.1, 0.15) is 17.6 Å². The van der Waals surface area contributed by atoms with Gasteiger partial charge in [-0.05, 0) is 43.6 Å². The lowest BCUT2D eigenvalue weighted by atomic mass is 9.85. The van der Waals surface area contributed by atoms with Crippen LogP contribution < -0.4 is 0 Å². The molecule has 0 bridgehead atoms. The molecule has 0 radical (unpaired) electrons. The second-order valence-corrected chi connectivity index (χ2v) is 8.56. The van der Waals surface area contributed by atoms with E-state index in [4.69, 9.17) is 0 Å². The van der Waals surface area contributed by atoms with Gasteiger partial charge in [0, 0.05) is 32.4 Å². The smallest absolute Gasteiger partial charge is 0.327 e. The van der Waals surface area contributed by atoms with Gasteiger partial charge in [-0.15, -0.1) is 0 Å². The lowest BCUT2D eigenvalue weighted by molar-refractivity contribution is -0.135. The molecule has 8 heteroatoms. The molecule has 1 saturated carbocycles. The quantitative estimate of drug-likeness (QED) is 0.721. The van der Waals surface area contributed by atoms with Crippen LogP contribution >= 0.6 is 0 Å². The minimum Gasteiger partial charge on any atom is -0.337 e. The molecule has 1 aromatic heterocycles. The van der Waals surface area contributed by atoms with Crippen LogP contribution in [0.15, 0.2) is 18.6 Å². The summed E-state index contributed by atoms with van der Waals surface area (Å²) in [6, 6.07) is 1.44. The first kappa shape index (κ1) is 18.8. The lowest BCUT2D eigenvalue weighted by Gasteiger charge is -2.42. The van der Waals surface area contributed by atoms with Crippen LogP contribution in [0.1, 0.15) is 50.0 Å². The molecule has 28 heavy (non-hydrogen) atoms. The first-order valence-corrected chi connectivity index (χ1v) is 10.1. The number of piperidine rings is 1. The molecule has 1 spiro atoms. The Labute approximate surface area is 164 Å². The number of urea groups is 1. The molecule has 0 aromatic carbocycles. The Balaban J connectivity index is 1.53. The van der Waals surface area contributed by atoms with Gasteiger partial charge in [-0.25, -0.2) is 14.8 Å². The van der Waals surface area contributed by atoms with Gasteiger partial charge in [-0.1, -0.05) is 13.8 Å². The highest BCUT2D eigenvalue weighted by atomic mass is 16.2. The third kappa shape index (κ3) is 3.25. The summed E-state index contributed by atoms with van der Waals surface area (Å²) in [5.74, 6) is 0.511. The summed E-state index contributed by atoms with van der Waals surface area (Å²) in [5.41, 5.74) is -0.451. The summed E-state index contributed by atoms with van der Waals surface area (Å²) in [7, 11) is 0. The highest BCUT2D eigenvalue weighted by Crippen LogP contribution is 2.40. The Hall–Kier alpha value is -2.51. The fourth-order valence-corrected chi connectivity index (χ4v) is 4.26. The number of aromatic nitrogens is 2. The van der Waals surface area contributed by atoms with Crippen molar-refractivity contribution in [2.24, 2.45) is 11.8 Å². The Morgan fingerprint density at radius 2 is 1.96 bits per heavy atom. The van der Waals surface area contributed by atoms with Crippen molar-refractivity contribution in [2.45, 2.75) is 45.1 Å². The van der Waals surface area contributed by atoms with E-state index in [1.54, 1.807) is 22.1 Å². The van der Waals surface area contributed by atoms with Crippen LogP contribution in [0.5, 0.6) is 0 Å². The summed E-state index contributed by atoms with van der Waals surface area (Å²) < 4.78 is 0. The van der Waals surface area contributed by atoms with E-state index in [1.165, 1.54) is 11.2 Å². The van der Waals surface area contributed by atoms with E-state index in [9.17, 15) is 14.4 Å². The van der Waals surface area contributed by atoms with Crippen LogP contribution in [0.2, 0.25) is 0 Å². The van der Waals surface area contributed by atoms with E-state index in [0.29, 0.717) is 50.6 Å². The molecular weight excluding hydrogens is 358 g/mol. The molecule has 3 heterocycles. The van der Waals surface area contributed by atoms with Crippen molar-refractivity contribution < 1.29 is 14.4 Å². The Morgan fingerprint density at radius 1 is 1.25 bits per heavy atom. The van der Waals surface area contributed by atoms with Crippen molar-refractivity contribution >= 4 is 17.8 Å². The topological polar surface area (TPSA) is 86.7 Å². The highest BCUT2D eigenvalue weighted by Gasteiger charge is 2.58. The van der Waals surface area contributed by atoms with Gasteiger partial charge in [0.2, 0.25) is 0 Å². The monoisotopic (exact) mass is 385 g/mol. The van der Waals surface area contributed by atoms with E-state index in [2.05, 4.69) is 23.8 Å². The van der Waals surface area contributed by atoms with Crippen molar-refractivity contribution in [1.82, 2.24) is 24.7 Å². The van der Waals surface area contributed by atoms with E-state index < -0.39 is 5.54 Å². The summed E-state index contributed by atoms with van der Waals surface area (Å²) >= 11 is 0. The first-order valence-electron chi connectivity index (χ1n) is 10.1. The number of hydrogen-bond donors (Lipinski definition) is 0. The van der Waals surface area contributed by atoms with E-state index in [-0.39, 0.29) is 23.8 Å². The summed E-state index contributed by atoms with van der Waals surface area (Å²) in [4.78, 5) is 51.9. The maximum atomic E-state index is 13.3. The highest BCUT2D eigenvalue weighted by molar-refractivity contribution is 6.07. The summed E-state index contributed by atoms with van der Waals surface area (Å²) in [6.07, 6.45) is 6.04. The average Bonchev–Trinajstić information content (AvgIpc) is 3.51. The third-order valence-electron chi connectivity index (χ3n) is 5.99. The Morgan fingerprint density at radius 3 is 2.54 bits per heavy atom. The number of rotatable bonds is 5. The Kier molecular flexibility index (Phi) is 4.81. The maximum Gasteiger partial charge on any atom is 0.327 e. The maximum absolute atomic E-state index is 13.3. The molecule has 4 rings (SSSR count). The summed E-state index contributed by atoms with van der Waals surface area (Å²) in [5, 5.41) is 0. The van der Waals surface area contributed by atoms with Crippen LogP contribution in [0.25, 0.3) is 0 Å². The fourth-order valence-electron chi connectivity index (χ4n) is 4.26. The fraction of sp³-hybridized carbons (Fsp3) is 0.650. The zero-order valence-corrected chi connectivity index (χ0v) is 16.5. The van der Waals surface area contributed by atoms with Crippen molar-refractivity contribution in [3.05, 3.63) is 24.3 Å². The van der Waals surface area contributed by atoms with Crippen molar-refractivity contribution in [2.75, 3.05) is 26.2 Å². The van der Waals surface area contributed by atoms with E-state index in [0.717, 1.165) is 12.8 Å². The molecule has 0 unspecified atom stereocenters. The molecule has 2 saturated heterocycles. The van der Waals surface area contributed by atoms with Crippen molar-refractivity contribution in [3.63, 3.8) is 0 Å². The van der Waals surface area contributed by atoms with Crippen LogP contribution in [0.3, 0.4) is 0 Å². The zero-order valence-electron chi connectivity index (χ0n) is 16.5. The molecular formula is C20H27N5O3. The SMILES string of the molecule is CC(C)CN1C(=O)N(CC2CC2)C(=O)C12CCN(C(=O)c1ccncn1)CC2. The number of nitrogens with zero attached hydrogens (tertiary/aromatic N) is 5. The minimum atomic E-state index is -0.807. The second-order valence-electron chi connectivity index (χ2n) is 8.56. The average molecular weight is 385 g/mol. The molecule has 8 nitrogen and oxygen atoms in total. The molecule has 1 aromatic rings. The van der Waals surface area contributed by atoms with Crippen LogP contribution in [-0.4, -0.2) is 74.2 Å². The number of amides is 4. The number of likely N-dealkylation sites (tertiary alicyclic amines) is 1. The largest absolute Gasteiger partial charge is 0.337 e. The summed E-state index contributed by atoms with van der Waals surface area (Å²) in [6.45, 7) is 6.09. The number of carbonyl (C=O) groups excluding carboxylic acids is 3. The Bertz CT molecular complexity index is 769. The number of hydrogen-bond acceptors (Lipinski definition) is 5. The zero-order chi connectivity index (χ0) is 19.9. The van der Waals surface area contributed by atoms with E-state index in [1.807, 2.05) is 0 Å². The normalized spacial score (nSPS) is 21.9. The van der Waals surface area contributed by atoms with Crippen molar-refractivity contribution in [3.8, 4) is 0 Å². The van der Waals surface area contributed by atoms with Gasteiger partial charge < -0.3 is 9.80 Å². The predicted octanol–water partition coefficient (Wildman–Crippen LogP) is 1.78. The van der Waals surface area contributed by atoms with Gasteiger partial charge in [0.15, 0.2) is 0 Å². The predicted molar refractivity (Wildman–Crippen MR) is 101 cm³/mol. The van der Waals surface area contributed by atoms with Crippen LogP contribution in [0, 0.1) is 11.8 Å². The molecule has 3 aliphatic rings. The van der Waals surface area contributed by atoms with Gasteiger partial charge >= 0.3 is 6.03 Å². The standard InChI is InChI=1S/C20H27N5O3/c1-14(2)11-25-19(28)24(12-15-3-4-15)18(27)20(25)6-9-23(10-7-20)17(26)16-5-8-21-13-22-16/h5,8,13-15H,3-4,6-7,9-12H2,1-2H3. The first-order chi connectivity index (χ1) is 13.4. The molecule has 0 atom stereocenters. The third-order valence-corrected chi connectivity index (χ3v) is 5.99. The molecule has 2 aliphatic heterocycles. The van der Waals surface area contributed by atoms with Gasteiger partial charge in [0.25, 0.3) is 11.8 Å². The molecule has 150 valence electrons. The van der Waals surface area contributed by atoms with Crippen LogP contribution in [-0.2, 0) is 4.79 Å². The second kappa shape index (κ2) is 7.14. The van der Waals surface area contributed by atoms with E-state index >= 15 is 0 Å². The van der Waals surface area contributed by atoms with Crippen LogP contribution in [0.4, 0.5) is 4.79 Å². The molecule has 0 N–H and O–H groups in total. The lowest BCUT2D eigenvalue weighted by Crippen LogP contribution is -2.58. The number of imide groups is 1. The van der Waals surface area contributed by atoms with Crippen molar-refractivity contribution in [1.29, 1.82) is 0 Å². The number of carbonyl (C=O) groups is 3. The molecule has 1 aliphatic carbocycles. The molecule has 3 fully saturated rings. The van der Waals surface area contributed by atoms with Gasteiger partial charge in [-0.2, -0.15) is 0 Å². The van der Waals surface area contributed by atoms with Gasteiger partial charge in [0.05, 0.1) is 0 Å². The van der Waals surface area contributed by atoms with Gasteiger partial charge in [-0.3, -0.25) is 14.5 Å². The molecule has 4 amide bonds. The minimum absolute atomic E-state index is 0.0702.